The van der Waals surface area contributed by atoms with Gasteiger partial charge >= 0.3 is 6.16 Å². The first-order valence-electron chi connectivity index (χ1n) is 9.73. The van der Waals surface area contributed by atoms with Crippen molar-refractivity contribution in [1.29, 1.82) is 5.26 Å². The molecule has 0 atom stereocenters. The third-order valence-corrected chi connectivity index (χ3v) is 4.39. The number of hydrogen-bond donors (Lipinski definition) is 1. The molecule has 0 radical (unpaired) electrons. The van der Waals surface area contributed by atoms with Gasteiger partial charge in [-0.05, 0) is 57.4 Å². The third-order valence-electron chi connectivity index (χ3n) is 4.39. The molecule has 0 saturated heterocycles. The number of methoxy groups -OCH3 is 1. The Balaban J connectivity index is 2.13. The predicted molar refractivity (Wildman–Crippen MR) is 108 cm³/mol. The van der Waals surface area contributed by atoms with Crippen LogP contribution in [0.1, 0.15) is 58.4 Å². The minimum Gasteiger partial charge on any atom is -0.493 e. The largest absolute Gasteiger partial charge is 0.514 e. The molecule has 0 heterocycles. The van der Waals surface area contributed by atoms with Crippen LogP contribution in [0.5, 0.6) is 11.5 Å². The van der Waals surface area contributed by atoms with E-state index in [1.807, 2.05) is 6.07 Å². The molecule has 156 valence electrons. The van der Waals surface area contributed by atoms with Crippen molar-refractivity contribution in [3.8, 4) is 17.6 Å². The SMILES string of the molecule is COc1cc(/C=C(\C#N)C(=O)NC2CCCCC2)ccc1OC(=O)OC(C)(C)C. The lowest BCUT2D eigenvalue weighted by atomic mass is 9.95. The van der Waals surface area contributed by atoms with E-state index in [4.69, 9.17) is 14.2 Å². The Kier molecular flexibility index (Phi) is 7.66. The Hall–Kier alpha value is -3.01. The smallest absolute Gasteiger partial charge is 0.493 e. The van der Waals surface area contributed by atoms with Crippen LogP contribution in [0.2, 0.25) is 0 Å². The Labute approximate surface area is 171 Å². The number of ether oxygens (including phenoxy) is 3. The maximum atomic E-state index is 12.4. The van der Waals surface area contributed by atoms with E-state index in [0.29, 0.717) is 5.56 Å². The van der Waals surface area contributed by atoms with E-state index in [-0.39, 0.29) is 29.0 Å². The van der Waals surface area contributed by atoms with Gasteiger partial charge in [-0.1, -0.05) is 25.3 Å². The fourth-order valence-corrected chi connectivity index (χ4v) is 3.04. The number of amides is 1. The van der Waals surface area contributed by atoms with Gasteiger partial charge in [0, 0.05) is 6.04 Å². The highest BCUT2D eigenvalue weighted by Crippen LogP contribution is 2.30. The lowest BCUT2D eigenvalue weighted by molar-refractivity contribution is -0.117. The molecule has 1 aromatic carbocycles. The van der Waals surface area contributed by atoms with Crippen LogP contribution in [0.4, 0.5) is 4.79 Å². The van der Waals surface area contributed by atoms with E-state index >= 15 is 0 Å². The second-order valence-electron chi connectivity index (χ2n) is 7.96. The fraction of sp³-hybridized carbons (Fsp3) is 0.500. The quantitative estimate of drug-likeness (QED) is 0.341. The summed E-state index contributed by atoms with van der Waals surface area (Å²) in [7, 11) is 1.44. The van der Waals surface area contributed by atoms with E-state index in [2.05, 4.69) is 5.32 Å². The Morgan fingerprint density at radius 3 is 2.45 bits per heavy atom. The van der Waals surface area contributed by atoms with Gasteiger partial charge in [0.2, 0.25) is 0 Å². The summed E-state index contributed by atoms with van der Waals surface area (Å²) in [4.78, 5) is 24.3. The van der Waals surface area contributed by atoms with Gasteiger partial charge in [-0.15, -0.1) is 0 Å². The lowest BCUT2D eigenvalue weighted by Crippen LogP contribution is -2.36. The number of nitriles is 1. The highest BCUT2D eigenvalue weighted by atomic mass is 16.7. The van der Waals surface area contributed by atoms with Gasteiger partial charge in [-0.3, -0.25) is 4.79 Å². The predicted octanol–water partition coefficient (Wildman–Crippen LogP) is 4.36. The molecule has 1 aromatic rings. The standard InChI is InChI=1S/C22H28N2O5/c1-22(2,3)29-21(26)28-18-11-10-15(13-19(18)27-4)12-16(14-23)20(25)24-17-8-6-5-7-9-17/h10-13,17H,5-9H2,1-4H3,(H,24,25)/b16-12+. The van der Waals surface area contributed by atoms with Gasteiger partial charge in [0.15, 0.2) is 11.5 Å². The maximum Gasteiger partial charge on any atom is 0.514 e. The first-order chi connectivity index (χ1) is 13.7. The highest BCUT2D eigenvalue weighted by Gasteiger charge is 2.20. The highest BCUT2D eigenvalue weighted by molar-refractivity contribution is 6.01. The van der Waals surface area contributed by atoms with Crippen molar-refractivity contribution in [3.05, 3.63) is 29.3 Å². The third kappa shape index (κ3) is 7.15. The van der Waals surface area contributed by atoms with Crippen molar-refractivity contribution in [3.63, 3.8) is 0 Å². The van der Waals surface area contributed by atoms with Crippen LogP contribution in [-0.2, 0) is 9.53 Å². The zero-order valence-corrected chi connectivity index (χ0v) is 17.4. The van der Waals surface area contributed by atoms with Crippen LogP contribution in [0.25, 0.3) is 6.08 Å². The van der Waals surface area contributed by atoms with E-state index in [1.165, 1.54) is 25.7 Å². The van der Waals surface area contributed by atoms with E-state index in [0.717, 1.165) is 25.7 Å². The molecule has 1 fully saturated rings. The molecule has 0 aliphatic heterocycles. The number of carbonyl (C=O) groups is 2. The summed E-state index contributed by atoms with van der Waals surface area (Å²) in [6.07, 6.45) is 5.88. The summed E-state index contributed by atoms with van der Waals surface area (Å²) in [5, 5.41) is 12.3. The van der Waals surface area contributed by atoms with Gasteiger partial charge in [-0.2, -0.15) is 5.26 Å². The lowest BCUT2D eigenvalue weighted by Gasteiger charge is -2.22. The minimum absolute atomic E-state index is 0.0124. The summed E-state index contributed by atoms with van der Waals surface area (Å²) in [5.74, 6) is 0.0890. The second kappa shape index (κ2) is 9.97. The molecule has 0 spiro atoms. The van der Waals surface area contributed by atoms with Crippen LogP contribution < -0.4 is 14.8 Å². The number of carbonyl (C=O) groups excluding carboxylic acids is 2. The number of hydrogen-bond acceptors (Lipinski definition) is 6. The Morgan fingerprint density at radius 1 is 1.17 bits per heavy atom. The molecule has 1 amide bonds. The molecular formula is C22H28N2O5. The Bertz CT molecular complexity index is 811. The van der Waals surface area contributed by atoms with Crippen LogP contribution in [0, 0.1) is 11.3 Å². The van der Waals surface area contributed by atoms with E-state index in [9.17, 15) is 14.9 Å². The fourth-order valence-electron chi connectivity index (χ4n) is 3.04. The molecule has 0 bridgehead atoms. The second-order valence-corrected chi connectivity index (χ2v) is 7.96. The molecule has 1 aliphatic rings. The summed E-state index contributed by atoms with van der Waals surface area (Å²) in [6.45, 7) is 5.21. The monoisotopic (exact) mass is 400 g/mol. The van der Waals surface area contributed by atoms with Crippen molar-refractivity contribution in [1.82, 2.24) is 5.32 Å². The van der Waals surface area contributed by atoms with Crippen LogP contribution in [0.15, 0.2) is 23.8 Å². The molecule has 1 aliphatic carbocycles. The summed E-state index contributed by atoms with van der Waals surface area (Å²) >= 11 is 0. The first-order valence-corrected chi connectivity index (χ1v) is 9.73. The summed E-state index contributed by atoms with van der Waals surface area (Å²) in [6, 6.07) is 6.82. The molecule has 0 unspecified atom stereocenters. The Morgan fingerprint density at radius 2 is 1.86 bits per heavy atom. The molecule has 1 saturated carbocycles. The zero-order valence-electron chi connectivity index (χ0n) is 17.4. The van der Waals surface area contributed by atoms with E-state index < -0.39 is 11.8 Å². The normalized spacial score (nSPS) is 15.2. The topological polar surface area (TPSA) is 97.6 Å². The van der Waals surface area contributed by atoms with Gasteiger partial charge in [0.25, 0.3) is 5.91 Å². The van der Waals surface area contributed by atoms with Crippen molar-refractivity contribution in [2.45, 2.75) is 64.5 Å². The summed E-state index contributed by atoms with van der Waals surface area (Å²) < 4.78 is 15.6. The van der Waals surface area contributed by atoms with Gasteiger partial charge in [0.05, 0.1) is 7.11 Å². The average Bonchev–Trinajstić information content (AvgIpc) is 2.66. The molecule has 1 N–H and O–H groups in total. The molecule has 7 nitrogen and oxygen atoms in total. The number of nitrogens with one attached hydrogen (secondary N) is 1. The van der Waals surface area contributed by atoms with Crippen LogP contribution in [-0.4, -0.2) is 30.8 Å². The maximum absolute atomic E-state index is 12.4. The molecule has 7 heteroatoms. The number of nitrogens with zero attached hydrogens (tertiary/aromatic N) is 1. The summed E-state index contributed by atoms with van der Waals surface area (Å²) in [5.41, 5.74) is -0.0902. The van der Waals surface area contributed by atoms with Crippen molar-refractivity contribution >= 4 is 18.1 Å². The van der Waals surface area contributed by atoms with Gasteiger partial charge < -0.3 is 19.5 Å². The van der Waals surface area contributed by atoms with Crippen molar-refractivity contribution in [2.75, 3.05) is 7.11 Å². The van der Waals surface area contributed by atoms with Gasteiger partial charge in [-0.25, -0.2) is 4.79 Å². The van der Waals surface area contributed by atoms with Crippen molar-refractivity contribution in [2.24, 2.45) is 0 Å². The molecule has 29 heavy (non-hydrogen) atoms. The average molecular weight is 400 g/mol. The number of benzene rings is 1. The zero-order chi connectivity index (χ0) is 21.4. The molecular weight excluding hydrogens is 372 g/mol. The molecule has 0 aromatic heterocycles. The molecule has 2 rings (SSSR count). The first kappa shape index (κ1) is 22.3. The van der Waals surface area contributed by atoms with Crippen LogP contribution >= 0.6 is 0 Å². The van der Waals surface area contributed by atoms with Crippen LogP contribution in [0.3, 0.4) is 0 Å². The minimum atomic E-state index is -0.844. The number of rotatable bonds is 5. The van der Waals surface area contributed by atoms with E-state index in [1.54, 1.807) is 32.9 Å². The van der Waals surface area contributed by atoms with Crippen molar-refractivity contribution < 1.29 is 23.8 Å². The van der Waals surface area contributed by atoms with Gasteiger partial charge in [0.1, 0.15) is 17.2 Å².